The second-order valence-corrected chi connectivity index (χ2v) is 7.95. The Morgan fingerprint density at radius 2 is 1.71 bits per heavy atom. The van der Waals surface area contributed by atoms with Gasteiger partial charge in [0, 0.05) is 11.6 Å². The minimum Gasteiger partial charge on any atom is -0.490 e. The van der Waals surface area contributed by atoms with Crippen molar-refractivity contribution in [2.24, 2.45) is 5.73 Å². The highest BCUT2D eigenvalue weighted by molar-refractivity contribution is 5.91. The monoisotopic (exact) mass is 470 g/mol. The molecule has 0 spiro atoms. The van der Waals surface area contributed by atoms with Gasteiger partial charge in [-0.15, -0.1) is 0 Å². The molecule has 0 amide bonds. The molecule has 7 heteroatoms. The van der Waals surface area contributed by atoms with Crippen LogP contribution in [0.15, 0.2) is 72.1 Å². The van der Waals surface area contributed by atoms with Gasteiger partial charge >= 0.3 is 5.97 Å². The highest BCUT2D eigenvalue weighted by Crippen LogP contribution is 2.45. The van der Waals surface area contributed by atoms with Gasteiger partial charge in [-0.1, -0.05) is 29.8 Å². The smallest absolute Gasteiger partial charge is 0.343 e. The first-order valence-electron chi connectivity index (χ1n) is 11.3. The van der Waals surface area contributed by atoms with Gasteiger partial charge in [-0.2, -0.15) is 5.26 Å². The van der Waals surface area contributed by atoms with Gasteiger partial charge in [-0.3, -0.25) is 0 Å². The van der Waals surface area contributed by atoms with Crippen molar-refractivity contribution in [1.82, 2.24) is 0 Å². The van der Waals surface area contributed by atoms with Crippen molar-refractivity contribution < 1.29 is 23.7 Å². The van der Waals surface area contributed by atoms with E-state index in [0.717, 1.165) is 16.7 Å². The van der Waals surface area contributed by atoms with Crippen LogP contribution in [0.1, 0.15) is 46.8 Å². The zero-order chi connectivity index (χ0) is 24.9. The SMILES string of the molecule is CCOc1ccc(C2C(C#N)=C(N)Oc3cc(OC(=O)c4ccc(C)cc4)ccc32)cc1OCC. The fourth-order valence-electron chi connectivity index (χ4n) is 3.94. The van der Waals surface area contributed by atoms with Crippen LogP contribution in [0.2, 0.25) is 0 Å². The van der Waals surface area contributed by atoms with Gasteiger partial charge in [-0.25, -0.2) is 4.79 Å². The zero-order valence-corrected chi connectivity index (χ0v) is 19.8. The molecule has 0 aliphatic carbocycles. The molecule has 0 saturated heterocycles. The molecule has 0 aromatic heterocycles. The molecule has 0 radical (unpaired) electrons. The van der Waals surface area contributed by atoms with Crippen molar-refractivity contribution in [1.29, 1.82) is 5.26 Å². The molecule has 1 unspecified atom stereocenters. The van der Waals surface area contributed by atoms with E-state index in [1.165, 1.54) is 0 Å². The third kappa shape index (κ3) is 4.92. The average Bonchev–Trinajstić information content (AvgIpc) is 2.85. The first-order chi connectivity index (χ1) is 16.9. The van der Waals surface area contributed by atoms with Gasteiger partial charge in [0.05, 0.1) is 24.7 Å². The van der Waals surface area contributed by atoms with Gasteiger partial charge in [0.15, 0.2) is 11.5 Å². The van der Waals surface area contributed by atoms with E-state index in [4.69, 9.17) is 24.7 Å². The molecule has 1 aliphatic rings. The number of nitrogens with zero attached hydrogens (tertiary/aromatic N) is 1. The summed E-state index contributed by atoms with van der Waals surface area (Å²) in [4.78, 5) is 12.6. The maximum atomic E-state index is 12.6. The maximum Gasteiger partial charge on any atom is 0.343 e. The Bertz CT molecular complexity index is 1320. The highest BCUT2D eigenvalue weighted by atomic mass is 16.5. The summed E-state index contributed by atoms with van der Waals surface area (Å²) in [5, 5.41) is 9.86. The second-order valence-electron chi connectivity index (χ2n) is 7.95. The Balaban J connectivity index is 1.70. The Labute approximate surface area is 204 Å². The number of nitriles is 1. The quantitative estimate of drug-likeness (QED) is 0.372. The molecule has 1 aliphatic heterocycles. The fourth-order valence-corrected chi connectivity index (χ4v) is 3.94. The number of hydrogen-bond acceptors (Lipinski definition) is 7. The van der Waals surface area contributed by atoms with Crippen LogP contribution in [0.3, 0.4) is 0 Å². The van der Waals surface area contributed by atoms with E-state index in [9.17, 15) is 10.1 Å². The van der Waals surface area contributed by atoms with Crippen LogP contribution in [0.4, 0.5) is 0 Å². The number of rotatable bonds is 7. The van der Waals surface area contributed by atoms with Gasteiger partial charge in [-0.05, 0) is 56.7 Å². The number of hydrogen-bond donors (Lipinski definition) is 1. The molecule has 3 aromatic carbocycles. The predicted octanol–water partition coefficient (Wildman–Crippen LogP) is 5.23. The number of allylic oxidation sites excluding steroid dienone is 1. The summed E-state index contributed by atoms with van der Waals surface area (Å²) in [6.45, 7) is 6.71. The Morgan fingerprint density at radius 1 is 1.00 bits per heavy atom. The standard InChI is InChI=1S/C28H26N2O5/c1-4-32-23-13-10-19(14-25(23)33-5-2)26-21-12-11-20(15-24(21)35-27(30)22(26)16-29)34-28(31)18-8-6-17(3)7-9-18/h6-15,26H,4-5,30H2,1-3H3. The molecule has 0 bridgehead atoms. The third-order valence-electron chi connectivity index (χ3n) is 5.59. The van der Waals surface area contributed by atoms with E-state index in [1.807, 2.05) is 51.1 Å². The largest absolute Gasteiger partial charge is 0.490 e. The van der Waals surface area contributed by atoms with Crippen LogP contribution in [0.5, 0.6) is 23.0 Å². The van der Waals surface area contributed by atoms with Crippen LogP contribution in [-0.4, -0.2) is 19.2 Å². The third-order valence-corrected chi connectivity index (χ3v) is 5.59. The summed E-state index contributed by atoms with van der Waals surface area (Å²) in [5.74, 6) is 0.958. The number of fused-ring (bicyclic) bond motifs is 1. The molecule has 3 aromatic rings. The van der Waals surface area contributed by atoms with E-state index < -0.39 is 11.9 Å². The molecular formula is C28H26N2O5. The highest BCUT2D eigenvalue weighted by Gasteiger charge is 2.32. The predicted molar refractivity (Wildman–Crippen MR) is 131 cm³/mol. The lowest BCUT2D eigenvalue weighted by atomic mass is 9.83. The van der Waals surface area contributed by atoms with Crippen molar-refractivity contribution in [3.05, 3.63) is 94.4 Å². The second kappa shape index (κ2) is 10.2. The van der Waals surface area contributed by atoms with E-state index in [-0.39, 0.29) is 11.5 Å². The molecule has 4 rings (SSSR count). The summed E-state index contributed by atoms with van der Waals surface area (Å²) in [6, 6.07) is 19.9. The molecule has 0 fully saturated rings. The molecule has 1 heterocycles. The number of nitrogens with two attached hydrogens (primary N) is 1. The van der Waals surface area contributed by atoms with Crippen LogP contribution in [0, 0.1) is 18.3 Å². The van der Waals surface area contributed by atoms with Crippen molar-refractivity contribution in [2.75, 3.05) is 13.2 Å². The van der Waals surface area contributed by atoms with Crippen LogP contribution in [-0.2, 0) is 0 Å². The average molecular weight is 471 g/mol. The van der Waals surface area contributed by atoms with Crippen molar-refractivity contribution in [3.63, 3.8) is 0 Å². The number of carbonyl (C=O) groups is 1. The number of benzene rings is 3. The van der Waals surface area contributed by atoms with E-state index in [2.05, 4.69) is 6.07 Å². The lowest BCUT2D eigenvalue weighted by Gasteiger charge is -2.27. The van der Waals surface area contributed by atoms with Crippen molar-refractivity contribution >= 4 is 5.97 Å². The molecule has 0 saturated carbocycles. The first-order valence-corrected chi connectivity index (χ1v) is 11.3. The van der Waals surface area contributed by atoms with Crippen LogP contribution in [0.25, 0.3) is 0 Å². The van der Waals surface area contributed by atoms with Crippen LogP contribution >= 0.6 is 0 Å². The lowest BCUT2D eigenvalue weighted by Crippen LogP contribution is -2.21. The molecule has 178 valence electrons. The number of carbonyl (C=O) groups excluding carboxylic acids is 1. The van der Waals surface area contributed by atoms with Crippen molar-refractivity contribution in [3.8, 4) is 29.1 Å². The molecule has 1 atom stereocenters. The molecular weight excluding hydrogens is 444 g/mol. The summed E-state index contributed by atoms with van der Waals surface area (Å²) < 4.78 is 22.8. The maximum absolute atomic E-state index is 12.6. The molecule has 7 nitrogen and oxygen atoms in total. The Kier molecular flexibility index (Phi) is 6.93. The van der Waals surface area contributed by atoms with E-state index in [1.54, 1.807) is 30.3 Å². The summed E-state index contributed by atoms with van der Waals surface area (Å²) in [7, 11) is 0. The lowest BCUT2D eigenvalue weighted by molar-refractivity contribution is 0.0734. The topological polar surface area (TPSA) is 104 Å². The van der Waals surface area contributed by atoms with Gasteiger partial charge in [0.25, 0.3) is 0 Å². The Morgan fingerprint density at radius 3 is 2.40 bits per heavy atom. The summed E-state index contributed by atoms with van der Waals surface area (Å²) >= 11 is 0. The number of esters is 1. The van der Waals surface area contributed by atoms with Gasteiger partial charge < -0.3 is 24.7 Å². The zero-order valence-electron chi connectivity index (χ0n) is 19.8. The molecule has 2 N–H and O–H groups in total. The summed E-state index contributed by atoms with van der Waals surface area (Å²) in [5.41, 5.74) is 9.43. The van der Waals surface area contributed by atoms with Crippen molar-refractivity contribution in [2.45, 2.75) is 26.7 Å². The number of ether oxygens (including phenoxy) is 4. The minimum atomic E-state index is -0.486. The van der Waals surface area contributed by atoms with E-state index >= 15 is 0 Å². The summed E-state index contributed by atoms with van der Waals surface area (Å²) in [6.07, 6.45) is 0. The Hall–Kier alpha value is -4.44. The number of aryl methyl sites for hydroxylation is 1. The van der Waals surface area contributed by atoms with Crippen LogP contribution < -0.4 is 24.7 Å². The van der Waals surface area contributed by atoms with Gasteiger partial charge in [0.2, 0.25) is 5.88 Å². The molecule has 35 heavy (non-hydrogen) atoms. The minimum absolute atomic E-state index is 0.00106. The van der Waals surface area contributed by atoms with E-state index in [0.29, 0.717) is 41.8 Å². The first kappa shape index (κ1) is 23.7. The fraction of sp³-hybridized carbons (Fsp3) is 0.214. The van der Waals surface area contributed by atoms with Gasteiger partial charge in [0.1, 0.15) is 23.1 Å². The normalized spacial score (nSPS) is 14.4.